The largest absolute Gasteiger partial charge is 0.377 e. The molecule has 22 heavy (non-hydrogen) atoms. The number of anilines is 1. The highest BCUT2D eigenvalue weighted by atomic mass is 35.5. The zero-order valence-electron chi connectivity index (χ0n) is 12.3. The normalized spacial score (nSPS) is 25.5. The first-order chi connectivity index (χ1) is 10.7. The highest BCUT2D eigenvalue weighted by Crippen LogP contribution is 2.51. The van der Waals surface area contributed by atoms with Crippen LogP contribution in [0.25, 0.3) is 0 Å². The van der Waals surface area contributed by atoms with Gasteiger partial charge >= 0.3 is 0 Å². The van der Waals surface area contributed by atoms with Crippen molar-refractivity contribution >= 4 is 28.9 Å². The number of nitrogens with one attached hydrogen (secondary N) is 1. The molecule has 1 N–H and O–H groups in total. The SMILES string of the molecule is Cc1cccc2c1N[C@H](c1cccc(Cl)c1Cl)[C@H]1CC=C[C@H]21. The second-order valence-corrected chi connectivity index (χ2v) is 6.94. The van der Waals surface area contributed by atoms with Gasteiger partial charge in [-0.25, -0.2) is 0 Å². The summed E-state index contributed by atoms with van der Waals surface area (Å²) >= 11 is 12.7. The maximum absolute atomic E-state index is 6.49. The minimum Gasteiger partial charge on any atom is -0.377 e. The molecule has 1 aliphatic carbocycles. The molecular formula is C19H17Cl2N. The summed E-state index contributed by atoms with van der Waals surface area (Å²) in [5, 5.41) is 5.03. The molecule has 0 saturated carbocycles. The molecule has 1 nitrogen and oxygen atoms in total. The Morgan fingerprint density at radius 3 is 2.68 bits per heavy atom. The molecule has 0 bridgehead atoms. The molecule has 3 heteroatoms. The lowest BCUT2D eigenvalue weighted by Crippen LogP contribution is -2.29. The number of hydrogen-bond donors (Lipinski definition) is 1. The number of benzene rings is 2. The van der Waals surface area contributed by atoms with Crippen LogP contribution < -0.4 is 5.32 Å². The molecule has 1 aliphatic heterocycles. The van der Waals surface area contributed by atoms with Crippen LogP contribution in [0.2, 0.25) is 10.0 Å². The molecule has 0 fully saturated rings. The number of allylic oxidation sites excluding steroid dienone is 2. The lowest BCUT2D eigenvalue weighted by atomic mass is 9.76. The van der Waals surface area contributed by atoms with Crippen LogP contribution >= 0.6 is 23.2 Å². The minimum absolute atomic E-state index is 0.194. The van der Waals surface area contributed by atoms with E-state index in [0.29, 0.717) is 21.9 Å². The van der Waals surface area contributed by atoms with Crippen molar-refractivity contribution in [1.29, 1.82) is 0 Å². The van der Waals surface area contributed by atoms with Gasteiger partial charge in [-0.3, -0.25) is 0 Å². The summed E-state index contributed by atoms with van der Waals surface area (Å²) < 4.78 is 0. The van der Waals surface area contributed by atoms with E-state index in [1.165, 1.54) is 16.8 Å². The summed E-state index contributed by atoms with van der Waals surface area (Å²) in [6.07, 6.45) is 5.70. The smallest absolute Gasteiger partial charge is 0.0645 e. The summed E-state index contributed by atoms with van der Waals surface area (Å²) in [7, 11) is 0. The molecular weight excluding hydrogens is 313 g/mol. The summed E-state index contributed by atoms with van der Waals surface area (Å²) in [4.78, 5) is 0. The third-order valence-electron chi connectivity index (χ3n) is 4.92. The van der Waals surface area contributed by atoms with Crippen LogP contribution in [0.1, 0.15) is 35.1 Å². The Balaban J connectivity index is 1.86. The van der Waals surface area contributed by atoms with E-state index < -0.39 is 0 Å². The molecule has 2 aromatic carbocycles. The van der Waals surface area contributed by atoms with Crippen molar-refractivity contribution in [3.8, 4) is 0 Å². The number of fused-ring (bicyclic) bond motifs is 3. The first kappa shape index (κ1) is 14.2. The number of halogens is 2. The number of aryl methyl sites for hydroxylation is 1. The number of rotatable bonds is 1. The van der Waals surface area contributed by atoms with Gasteiger partial charge < -0.3 is 5.32 Å². The summed E-state index contributed by atoms with van der Waals surface area (Å²) in [6, 6.07) is 12.6. The van der Waals surface area contributed by atoms with E-state index in [1.54, 1.807) is 0 Å². The van der Waals surface area contributed by atoms with Crippen molar-refractivity contribution in [2.45, 2.75) is 25.3 Å². The second-order valence-electron chi connectivity index (χ2n) is 6.16. The highest BCUT2D eigenvalue weighted by molar-refractivity contribution is 6.42. The van der Waals surface area contributed by atoms with Crippen molar-refractivity contribution in [2.75, 3.05) is 5.32 Å². The van der Waals surface area contributed by atoms with E-state index in [2.05, 4.69) is 48.7 Å². The van der Waals surface area contributed by atoms with Crippen molar-refractivity contribution in [3.63, 3.8) is 0 Å². The lowest BCUT2D eigenvalue weighted by Gasteiger charge is -2.38. The van der Waals surface area contributed by atoms with Gasteiger partial charge in [0.2, 0.25) is 0 Å². The molecule has 0 spiro atoms. The predicted molar refractivity (Wildman–Crippen MR) is 94.0 cm³/mol. The molecule has 112 valence electrons. The molecule has 4 rings (SSSR count). The maximum atomic E-state index is 6.49. The maximum Gasteiger partial charge on any atom is 0.0645 e. The topological polar surface area (TPSA) is 12.0 Å². The monoisotopic (exact) mass is 329 g/mol. The van der Waals surface area contributed by atoms with Crippen LogP contribution in [0.4, 0.5) is 5.69 Å². The van der Waals surface area contributed by atoms with Crippen LogP contribution in [0.3, 0.4) is 0 Å². The Kier molecular flexibility index (Phi) is 3.43. The molecule has 0 saturated heterocycles. The summed E-state index contributed by atoms with van der Waals surface area (Å²) in [5.41, 5.74) is 5.02. The van der Waals surface area contributed by atoms with Gasteiger partial charge in [-0.15, -0.1) is 0 Å². The van der Waals surface area contributed by atoms with Crippen LogP contribution in [-0.2, 0) is 0 Å². The average Bonchev–Trinajstić information content (AvgIpc) is 3.00. The van der Waals surface area contributed by atoms with Crippen molar-refractivity contribution in [3.05, 3.63) is 75.3 Å². The van der Waals surface area contributed by atoms with Crippen molar-refractivity contribution in [2.24, 2.45) is 5.92 Å². The zero-order chi connectivity index (χ0) is 15.3. The van der Waals surface area contributed by atoms with Crippen LogP contribution in [0.5, 0.6) is 0 Å². The fourth-order valence-electron chi connectivity index (χ4n) is 3.85. The van der Waals surface area contributed by atoms with Gasteiger partial charge in [-0.05, 0) is 42.0 Å². The Hall–Kier alpha value is -1.44. The van der Waals surface area contributed by atoms with E-state index in [4.69, 9.17) is 23.2 Å². The van der Waals surface area contributed by atoms with E-state index in [0.717, 1.165) is 12.0 Å². The zero-order valence-corrected chi connectivity index (χ0v) is 13.8. The second kappa shape index (κ2) is 5.33. The fraction of sp³-hybridized carbons (Fsp3) is 0.263. The van der Waals surface area contributed by atoms with Gasteiger partial charge in [-0.1, -0.05) is 65.7 Å². The molecule has 2 aliphatic rings. The van der Waals surface area contributed by atoms with Crippen LogP contribution in [0.15, 0.2) is 48.6 Å². The molecule has 1 heterocycles. The number of hydrogen-bond acceptors (Lipinski definition) is 1. The van der Waals surface area contributed by atoms with Gasteiger partial charge in [-0.2, -0.15) is 0 Å². The van der Waals surface area contributed by atoms with Gasteiger partial charge in [0, 0.05) is 11.6 Å². The number of para-hydroxylation sites is 1. The van der Waals surface area contributed by atoms with E-state index in [-0.39, 0.29) is 6.04 Å². The Bertz CT molecular complexity index is 766. The van der Waals surface area contributed by atoms with Crippen LogP contribution in [0, 0.1) is 12.8 Å². The minimum atomic E-state index is 0.194. The van der Waals surface area contributed by atoms with Crippen molar-refractivity contribution in [1.82, 2.24) is 0 Å². The van der Waals surface area contributed by atoms with E-state index >= 15 is 0 Å². The quantitative estimate of drug-likeness (QED) is 0.620. The molecule has 3 atom stereocenters. The van der Waals surface area contributed by atoms with Crippen LogP contribution in [-0.4, -0.2) is 0 Å². The fourth-order valence-corrected chi connectivity index (χ4v) is 4.27. The predicted octanol–water partition coefficient (Wildman–Crippen LogP) is 6.13. The first-order valence-electron chi connectivity index (χ1n) is 7.63. The lowest BCUT2D eigenvalue weighted by molar-refractivity contribution is 0.425. The Morgan fingerprint density at radius 2 is 1.82 bits per heavy atom. The van der Waals surface area contributed by atoms with Gasteiger partial charge in [0.15, 0.2) is 0 Å². The third kappa shape index (κ3) is 2.07. The Labute approximate surface area is 140 Å². The van der Waals surface area contributed by atoms with Crippen molar-refractivity contribution < 1.29 is 0 Å². The van der Waals surface area contributed by atoms with Gasteiger partial charge in [0.25, 0.3) is 0 Å². The van der Waals surface area contributed by atoms with E-state index in [1.807, 2.05) is 12.1 Å². The average molecular weight is 330 g/mol. The van der Waals surface area contributed by atoms with E-state index in [9.17, 15) is 0 Å². The highest BCUT2D eigenvalue weighted by Gasteiger charge is 2.39. The Morgan fingerprint density at radius 1 is 1.05 bits per heavy atom. The summed E-state index contributed by atoms with van der Waals surface area (Å²) in [6.45, 7) is 2.15. The summed E-state index contributed by atoms with van der Waals surface area (Å²) in [5.74, 6) is 0.946. The first-order valence-corrected chi connectivity index (χ1v) is 8.39. The van der Waals surface area contributed by atoms with Gasteiger partial charge in [0.05, 0.1) is 16.1 Å². The molecule has 2 aromatic rings. The molecule has 0 aromatic heterocycles. The third-order valence-corrected chi connectivity index (χ3v) is 5.76. The van der Waals surface area contributed by atoms with Gasteiger partial charge in [0.1, 0.15) is 0 Å². The molecule has 0 radical (unpaired) electrons. The standard InChI is InChI=1S/C19H17Cl2N/c1-11-5-2-7-13-12-6-3-8-14(12)19(22-18(11)13)15-9-4-10-16(20)17(15)21/h2-7,9-10,12,14,19,22H,8H2,1H3/t12-,14+,19+/m1/s1. The molecule has 0 amide bonds. The molecule has 0 unspecified atom stereocenters.